The molecule has 1 nitrogen and oxygen atoms in total. The molecule has 1 aliphatic rings. The van der Waals surface area contributed by atoms with Crippen LogP contribution >= 0.6 is 0 Å². The van der Waals surface area contributed by atoms with Gasteiger partial charge < -0.3 is 5.32 Å². The van der Waals surface area contributed by atoms with Crippen molar-refractivity contribution in [2.45, 2.75) is 45.1 Å². The SMILES string of the molecule is CC(C)C(CC1CCCN1)c1ccccc1. The van der Waals surface area contributed by atoms with E-state index in [2.05, 4.69) is 49.5 Å². The normalized spacial score (nSPS) is 22.6. The Hall–Kier alpha value is -0.820. The smallest absolute Gasteiger partial charge is 0.00734 e. The number of rotatable bonds is 4. The van der Waals surface area contributed by atoms with Gasteiger partial charge in [0.15, 0.2) is 0 Å². The van der Waals surface area contributed by atoms with Gasteiger partial charge in [0.1, 0.15) is 0 Å². The van der Waals surface area contributed by atoms with Gasteiger partial charge in [-0.15, -0.1) is 0 Å². The Morgan fingerprint density at radius 2 is 2.00 bits per heavy atom. The molecule has 2 unspecified atom stereocenters. The Kier molecular flexibility index (Phi) is 4.00. The summed E-state index contributed by atoms with van der Waals surface area (Å²) in [5.41, 5.74) is 1.51. The summed E-state index contributed by atoms with van der Waals surface area (Å²) in [6.45, 7) is 5.89. The van der Waals surface area contributed by atoms with Crippen molar-refractivity contribution in [3.63, 3.8) is 0 Å². The van der Waals surface area contributed by atoms with Gasteiger partial charge in [0.05, 0.1) is 0 Å². The average molecular weight is 217 g/mol. The van der Waals surface area contributed by atoms with E-state index in [9.17, 15) is 0 Å². The summed E-state index contributed by atoms with van der Waals surface area (Å²) in [6, 6.07) is 11.7. The number of hydrogen-bond donors (Lipinski definition) is 1. The van der Waals surface area contributed by atoms with Gasteiger partial charge in [-0.3, -0.25) is 0 Å². The van der Waals surface area contributed by atoms with Gasteiger partial charge in [0.25, 0.3) is 0 Å². The third-order valence-corrected chi connectivity index (χ3v) is 3.73. The second kappa shape index (κ2) is 5.49. The Morgan fingerprint density at radius 3 is 2.56 bits per heavy atom. The summed E-state index contributed by atoms with van der Waals surface area (Å²) >= 11 is 0. The Bertz CT molecular complexity index is 298. The molecule has 2 rings (SSSR count). The maximum absolute atomic E-state index is 3.61. The van der Waals surface area contributed by atoms with Crippen LogP contribution in [-0.2, 0) is 0 Å². The van der Waals surface area contributed by atoms with Crippen LogP contribution < -0.4 is 5.32 Å². The molecule has 0 aliphatic carbocycles. The van der Waals surface area contributed by atoms with Crippen molar-refractivity contribution in [1.82, 2.24) is 5.32 Å². The van der Waals surface area contributed by atoms with Crippen LogP contribution in [0.15, 0.2) is 30.3 Å². The highest BCUT2D eigenvalue weighted by Gasteiger charge is 2.22. The van der Waals surface area contributed by atoms with Crippen molar-refractivity contribution >= 4 is 0 Å². The van der Waals surface area contributed by atoms with Gasteiger partial charge in [0.2, 0.25) is 0 Å². The fourth-order valence-corrected chi connectivity index (χ4v) is 2.76. The average Bonchev–Trinajstić information content (AvgIpc) is 2.79. The molecule has 16 heavy (non-hydrogen) atoms. The molecule has 1 heteroatoms. The van der Waals surface area contributed by atoms with Crippen LogP contribution in [-0.4, -0.2) is 12.6 Å². The first-order valence-electron chi connectivity index (χ1n) is 6.55. The van der Waals surface area contributed by atoms with Crippen molar-refractivity contribution in [3.05, 3.63) is 35.9 Å². The van der Waals surface area contributed by atoms with E-state index >= 15 is 0 Å². The second-order valence-electron chi connectivity index (χ2n) is 5.29. The monoisotopic (exact) mass is 217 g/mol. The van der Waals surface area contributed by atoms with Crippen molar-refractivity contribution in [2.24, 2.45) is 5.92 Å². The molecule has 1 aliphatic heterocycles. The highest BCUT2D eigenvalue weighted by molar-refractivity contribution is 5.20. The molecule has 0 aromatic heterocycles. The predicted octanol–water partition coefficient (Wildman–Crippen LogP) is 3.57. The Balaban J connectivity index is 2.05. The summed E-state index contributed by atoms with van der Waals surface area (Å²) in [5, 5.41) is 3.61. The maximum Gasteiger partial charge on any atom is 0.00734 e. The highest BCUT2D eigenvalue weighted by Crippen LogP contribution is 2.30. The van der Waals surface area contributed by atoms with E-state index < -0.39 is 0 Å². The van der Waals surface area contributed by atoms with E-state index in [0.29, 0.717) is 5.92 Å². The molecule has 0 bridgehead atoms. The van der Waals surface area contributed by atoms with E-state index in [1.807, 2.05) is 0 Å². The number of hydrogen-bond acceptors (Lipinski definition) is 1. The van der Waals surface area contributed by atoms with Crippen molar-refractivity contribution < 1.29 is 0 Å². The van der Waals surface area contributed by atoms with Crippen LogP contribution in [0.25, 0.3) is 0 Å². The summed E-state index contributed by atoms with van der Waals surface area (Å²) in [4.78, 5) is 0. The lowest BCUT2D eigenvalue weighted by atomic mass is 9.83. The fourth-order valence-electron chi connectivity index (χ4n) is 2.76. The lowest BCUT2D eigenvalue weighted by Crippen LogP contribution is -2.25. The summed E-state index contributed by atoms with van der Waals surface area (Å²) in [6.07, 6.45) is 4.00. The quantitative estimate of drug-likeness (QED) is 0.813. The van der Waals surface area contributed by atoms with Crippen LogP contribution in [0.1, 0.15) is 44.6 Å². The minimum absolute atomic E-state index is 0.705. The van der Waals surface area contributed by atoms with Crippen LogP contribution in [0.4, 0.5) is 0 Å². The van der Waals surface area contributed by atoms with Gasteiger partial charge in [-0.05, 0) is 43.2 Å². The molecule has 1 N–H and O–H groups in total. The molecular formula is C15H23N. The lowest BCUT2D eigenvalue weighted by molar-refractivity contribution is 0.408. The van der Waals surface area contributed by atoms with E-state index in [1.165, 1.54) is 31.4 Å². The molecule has 0 saturated carbocycles. The number of nitrogens with one attached hydrogen (secondary N) is 1. The first-order chi connectivity index (χ1) is 7.77. The minimum Gasteiger partial charge on any atom is -0.314 e. The van der Waals surface area contributed by atoms with E-state index in [1.54, 1.807) is 0 Å². The summed E-state index contributed by atoms with van der Waals surface area (Å²) < 4.78 is 0. The third kappa shape index (κ3) is 2.85. The van der Waals surface area contributed by atoms with Crippen LogP contribution in [0.2, 0.25) is 0 Å². The molecule has 1 aromatic carbocycles. The van der Waals surface area contributed by atoms with Gasteiger partial charge in [-0.1, -0.05) is 44.2 Å². The molecule has 1 heterocycles. The fraction of sp³-hybridized carbons (Fsp3) is 0.600. The van der Waals surface area contributed by atoms with Crippen molar-refractivity contribution in [2.75, 3.05) is 6.54 Å². The van der Waals surface area contributed by atoms with E-state index in [-0.39, 0.29) is 0 Å². The van der Waals surface area contributed by atoms with Gasteiger partial charge in [0, 0.05) is 6.04 Å². The molecule has 0 amide bonds. The zero-order valence-corrected chi connectivity index (χ0v) is 10.4. The van der Waals surface area contributed by atoms with Gasteiger partial charge in [-0.25, -0.2) is 0 Å². The predicted molar refractivity (Wildman–Crippen MR) is 69.7 cm³/mol. The van der Waals surface area contributed by atoms with Crippen molar-refractivity contribution in [1.29, 1.82) is 0 Å². The molecule has 1 aromatic rings. The summed E-state index contributed by atoms with van der Waals surface area (Å²) in [7, 11) is 0. The van der Waals surface area contributed by atoms with Gasteiger partial charge in [-0.2, -0.15) is 0 Å². The Morgan fingerprint density at radius 1 is 1.25 bits per heavy atom. The topological polar surface area (TPSA) is 12.0 Å². The first-order valence-corrected chi connectivity index (χ1v) is 6.55. The standard InChI is InChI=1S/C15H23N/c1-12(2)15(11-14-9-6-10-16-14)13-7-4-3-5-8-13/h3-5,7-8,12,14-16H,6,9-11H2,1-2H3. The third-order valence-electron chi connectivity index (χ3n) is 3.73. The number of benzene rings is 1. The second-order valence-corrected chi connectivity index (χ2v) is 5.29. The molecule has 88 valence electrons. The lowest BCUT2D eigenvalue weighted by Gasteiger charge is -2.24. The molecule has 0 spiro atoms. The molecule has 1 saturated heterocycles. The molecule has 0 radical (unpaired) electrons. The van der Waals surface area contributed by atoms with Crippen LogP contribution in [0.5, 0.6) is 0 Å². The van der Waals surface area contributed by atoms with E-state index in [4.69, 9.17) is 0 Å². The molecule has 2 atom stereocenters. The highest BCUT2D eigenvalue weighted by atomic mass is 14.9. The largest absolute Gasteiger partial charge is 0.314 e. The van der Waals surface area contributed by atoms with Gasteiger partial charge >= 0.3 is 0 Å². The summed E-state index contributed by atoms with van der Waals surface area (Å²) in [5.74, 6) is 1.43. The molecule has 1 fully saturated rings. The molecular weight excluding hydrogens is 194 g/mol. The maximum atomic E-state index is 3.61. The van der Waals surface area contributed by atoms with E-state index in [0.717, 1.165) is 12.0 Å². The van der Waals surface area contributed by atoms with Crippen LogP contribution in [0, 0.1) is 5.92 Å². The van der Waals surface area contributed by atoms with Crippen molar-refractivity contribution in [3.8, 4) is 0 Å². The van der Waals surface area contributed by atoms with Crippen LogP contribution in [0.3, 0.4) is 0 Å². The first kappa shape index (κ1) is 11.7. The minimum atomic E-state index is 0.705. The Labute approximate surface area is 99.3 Å². The zero-order valence-electron chi connectivity index (χ0n) is 10.4. The zero-order chi connectivity index (χ0) is 11.4.